The maximum Gasteiger partial charge on any atom is 0.337 e. The summed E-state index contributed by atoms with van der Waals surface area (Å²) in [5.74, 6) is -0.401. The van der Waals surface area contributed by atoms with Crippen molar-refractivity contribution < 1.29 is 9.53 Å². The van der Waals surface area contributed by atoms with Gasteiger partial charge < -0.3 is 10.5 Å². The number of carbonyl (C=O) groups is 1. The quantitative estimate of drug-likeness (QED) is 0.706. The van der Waals surface area contributed by atoms with Crippen molar-refractivity contribution in [2.45, 2.75) is 6.04 Å². The summed E-state index contributed by atoms with van der Waals surface area (Å²) >= 11 is 0. The van der Waals surface area contributed by atoms with E-state index in [9.17, 15) is 4.79 Å². The summed E-state index contributed by atoms with van der Waals surface area (Å²) in [6, 6.07) is 7.70. The van der Waals surface area contributed by atoms with Gasteiger partial charge in [-0.25, -0.2) is 4.79 Å². The van der Waals surface area contributed by atoms with Gasteiger partial charge in [0.15, 0.2) is 0 Å². The Morgan fingerprint density at radius 3 is 2.50 bits per heavy atom. The molecule has 0 amide bonds. The maximum absolute atomic E-state index is 11.0. The van der Waals surface area contributed by atoms with E-state index in [1.165, 1.54) is 7.11 Å². The minimum absolute atomic E-state index is 0.401. The molecule has 4 nitrogen and oxygen atoms in total. The number of nitriles is 1. The van der Waals surface area contributed by atoms with Crippen LogP contribution in [0.1, 0.15) is 22.0 Å². The third-order valence-corrected chi connectivity index (χ3v) is 1.83. The van der Waals surface area contributed by atoms with Crippen molar-refractivity contribution in [3.8, 4) is 6.07 Å². The molecule has 14 heavy (non-hydrogen) atoms. The van der Waals surface area contributed by atoms with E-state index in [1.807, 2.05) is 6.07 Å². The summed E-state index contributed by atoms with van der Waals surface area (Å²) in [4.78, 5) is 11.0. The summed E-state index contributed by atoms with van der Waals surface area (Å²) in [5.41, 5.74) is 6.60. The second-order valence-corrected chi connectivity index (χ2v) is 2.72. The molecule has 0 saturated heterocycles. The Kier molecular flexibility index (Phi) is 3.21. The lowest BCUT2D eigenvalue weighted by atomic mass is 10.1. The molecule has 0 spiro atoms. The van der Waals surface area contributed by atoms with Gasteiger partial charge in [0, 0.05) is 0 Å². The van der Waals surface area contributed by atoms with Crippen LogP contribution in [0.15, 0.2) is 24.3 Å². The second-order valence-electron chi connectivity index (χ2n) is 2.72. The Labute approximate surface area is 81.9 Å². The fourth-order valence-electron chi connectivity index (χ4n) is 1.02. The van der Waals surface area contributed by atoms with E-state index in [4.69, 9.17) is 11.0 Å². The Hall–Kier alpha value is -1.86. The monoisotopic (exact) mass is 190 g/mol. The van der Waals surface area contributed by atoms with Crippen LogP contribution in [0, 0.1) is 11.3 Å². The van der Waals surface area contributed by atoms with Crippen LogP contribution in [0.5, 0.6) is 0 Å². The lowest BCUT2D eigenvalue weighted by Crippen LogP contribution is -2.08. The van der Waals surface area contributed by atoms with Crippen LogP contribution < -0.4 is 5.73 Å². The summed E-state index contributed by atoms with van der Waals surface area (Å²) in [6.45, 7) is 0. The van der Waals surface area contributed by atoms with Crippen molar-refractivity contribution in [2.24, 2.45) is 5.73 Å². The van der Waals surface area contributed by atoms with Crippen LogP contribution in [0.2, 0.25) is 0 Å². The van der Waals surface area contributed by atoms with E-state index in [0.717, 1.165) is 0 Å². The van der Waals surface area contributed by atoms with E-state index < -0.39 is 12.0 Å². The molecule has 0 aromatic heterocycles. The van der Waals surface area contributed by atoms with Gasteiger partial charge in [-0.05, 0) is 17.7 Å². The van der Waals surface area contributed by atoms with Crippen LogP contribution >= 0.6 is 0 Å². The molecule has 0 unspecified atom stereocenters. The standard InChI is InChI=1S/C10H10N2O2/c1-14-10(13)8-4-2-7(3-5-8)9(12)6-11/h2-5,9H,12H2,1H3/t9-/m0/s1. The van der Waals surface area contributed by atoms with Crippen molar-refractivity contribution in [3.63, 3.8) is 0 Å². The molecule has 0 radical (unpaired) electrons. The molecule has 1 rings (SSSR count). The molecule has 1 aromatic carbocycles. The van der Waals surface area contributed by atoms with Gasteiger partial charge in [0.1, 0.15) is 6.04 Å². The van der Waals surface area contributed by atoms with Crippen molar-refractivity contribution in [1.82, 2.24) is 0 Å². The van der Waals surface area contributed by atoms with Gasteiger partial charge in [-0.1, -0.05) is 12.1 Å². The van der Waals surface area contributed by atoms with Crippen LogP contribution in [-0.2, 0) is 4.74 Å². The van der Waals surface area contributed by atoms with Crippen molar-refractivity contribution in [1.29, 1.82) is 5.26 Å². The van der Waals surface area contributed by atoms with Gasteiger partial charge in [-0.15, -0.1) is 0 Å². The van der Waals surface area contributed by atoms with Crippen molar-refractivity contribution in [2.75, 3.05) is 7.11 Å². The van der Waals surface area contributed by atoms with Gasteiger partial charge in [0.2, 0.25) is 0 Å². The second kappa shape index (κ2) is 4.40. The highest BCUT2D eigenvalue weighted by Crippen LogP contribution is 2.11. The van der Waals surface area contributed by atoms with Gasteiger partial charge in [0.25, 0.3) is 0 Å². The minimum Gasteiger partial charge on any atom is -0.465 e. The number of nitrogens with two attached hydrogens (primary N) is 1. The van der Waals surface area contributed by atoms with E-state index in [-0.39, 0.29) is 0 Å². The van der Waals surface area contributed by atoms with Gasteiger partial charge in [0.05, 0.1) is 18.7 Å². The molecular formula is C10H10N2O2. The number of carbonyl (C=O) groups excluding carboxylic acids is 1. The summed E-state index contributed by atoms with van der Waals surface area (Å²) in [6.07, 6.45) is 0. The predicted molar refractivity (Wildman–Crippen MR) is 50.3 cm³/mol. The van der Waals surface area contributed by atoms with Crippen LogP contribution in [-0.4, -0.2) is 13.1 Å². The number of nitrogens with zero attached hydrogens (tertiary/aromatic N) is 1. The average molecular weight is 190 g/mol. The summed E-state index contributed by atoms with van der Waals surface area (Å²) in [7, 11) is 1.32. The number of benzene rings is 1. The highest BCUT2D eigenvalue weighted by molar-refractivity contribution is 5.89. The number of methoxy groups -OCH3 is 1. The third kappa shape index (κ3) is 2.09. The van der Waals surface area contributed by atoms with Gasteiger partial charge in [-0.3, -0.25) is 0 Å². The predicted octanol–water partition coefficient (Wildman–Crippen LogP) is 0.997. The normalized spacial score (nSPS) is 11.5. The van der Waals surface area contributed by atoms with Crippen molar-refractivity contribution >= 4 is 5.97 Å². The Morgan fingerprint density at radius 2 is 2.07 bits per heavy atom. The lowest BCUT2D eigenvalue weighted by Gasteiger charge is -2.03. The average Bonchev–Trinajstić information content (AvgIpc) is 2.27. The summed E-state index contributed by atoms with van der Waals surface area (Å²) < 4.78 is 4.53. The van der Waals surface area contributed by atoms with Crippen LogP contribution in [0.3, 0.4) is 0 Å². The smallest absolute Gasteiger partial charge is 0.337 e. The molecule has 0 fully saturated rings. The number of hydrogen-bond donors (Lipinski definition) is 1. The lowest BCUT2D eigenvalue weighted by molar-refractivity contribution is 0.0600. The molecule has 0 heterocycles. The molecule has 1 atom stereocenters. The Bertz CT molecular complexity index is 365. The molecule has 0 aliphatic carbocycles. The van der Waals surface area contributed by atoms with Gasteiger partial charge in [-0.2, -0.15) is 5.26 Å². The topological polar surface area (TPSA) is 76.1 Å². The Morgan fingerprint density at radius 1 is 1.50 bits per heavy atom. The molecule has 72 valence electrons. The van der Waals surface area contributed by atoms with Crippen LogP contribution in [0.25, 0.3) is 0 Å². The molecule has 2 N–H and O–H groups in total. The molecule has 4 heteroatoms. The molecular weight excluding hydrogens is 180 g/mol. The number of rotatable bonds is 2. The number of hydrogen-bond acceptors (Lipinski definition) is 4. The fraction of sp³-hybridized carbons (Fsp3) is 0.200. The van der Waals surface area contributed by atoms with E-state index >= 15 is 0 Å². The first kappa shape index (κ1) is 10.2. The minimum atomic E-state index is -0.651. The first-order chi connectivity index (χ1) is 6.69. The largest absolute Gasteiger partial charge is 0.465 e. The SMILES string of the molecule is COC(=O)c1ccc([C@@H](N)C#N)cc1. The van der Waals surface area contributed by atoms with E-state index in [1.54, 1.807) is 24.3 Å². The molecule has 1 aromatic rings. The maximum atomic E-state index is 11.0. The molecule has 0 aliphatic rings. The fourth-order valence-corrected chi connectivity index (χ4v) is 1.02. The molecule has 0 bridgehead atoms. The van der Waals surface area contributed by atoms with E-state index in [2.05, 4.69) is 4.74 Å². The zero-order valence-corrected chi connectivity index (χ0v) is 7.73. The zero-order chi connectivity index (χ0) is 10.6. The van der Waals surface area contributed by atoms with E-state index in [0.29, 0.717) is 11.1 Å². The third-order valence-electron chi connectivity index (χ3n) is 1.83. The first-order valence-electron chi connectivity index (χ1n) is 4.02. The number of ether oxygens (including phenoxy) is 1. The first-order valence-corrected chi connectivity index (χ1v) is 4.02. The number of esters is 1. The molecule has 0 saturated carbocycles. The highest BCUT2D eigenvalue weighted by atomic mass is 16.5. The Balaban J connectivity index is 2.90. The highest BCUT2D eigenvalue weighted by Gasteiger charge is 2.07. The molecule has 0 aliphatic heterocycles. The van der Waals surface area contributed by atoms with Crippen LogP contribution in [0.4, 0.5) is 0 Å². The summed E-state index contributed by atoms with van der Waals surface area (Å²) in [5, 5.41) is 8.55. The van der Waals surface area contributed by atoms with Gasteiger partial charge >= 0.3 is 5.97 Å². The van der Waals surface area contributed by atoms with Crippen molar-refractivity contribution in [3.05, 3.63) is 35.4 Å². The zero-order valence-electron chi connectivity index (χ0n) is 7.73.